The van der Waals surface area contributed by atoms with Gasteiger partial charge in [0.1, 0.15) is 11.4 Å². The molecule has 0 aliphatic heterocycles. The molecule has 0 N–H and O–H groups in total. The number of nitro benzene ring substituents is 1. The zero-order valence-electron chi connectivity index (χ0n) is 16.9. The van der Waals surface area contributed by atoms with Gasteiger partial charge < -0.3 is 19.1 Å². The quantitative estimate of drug-likeness (QED) is 0.367. The number of hydrogen-bond acceptors (Lipinski definition) is 7. The Morgan fingerprint density at radius 1 is 1.17 bits per heavy atom. The highest BCUT2D eigenvalue weighted by Crippen LogP contribution is 2.35. The number of benzene rings is 2. The first kappa shape index (κ1) is 22.6. The van der Waals surface area contributed by atoms with E-state index in [2.05, 4.69) is 0 Å². The monoisotopic (exact) mass is 420 g/mol. The molecular weight excluding hydrogens is 399 g/mol. The number of rotatable bonds is 8. The predicted molar refractivity (Wildman–Crippen MR) is 104 cm³/mol. The molecule has 0 unspecified atom stereocenters. The maximum atomic E-state index is 13.3. The van der Waals surface area contributed by atoms with Crippen LogP contribution in [0.15, 0.2) is 36.4 Å². The van der Waals surface area contributed by atoms with Gasteiger partial charge >= 0.3 is 5.97 Å². The van der Waals surface area contributed by atoms with E-state index in [0.717, 1.165) is 12.1 Å². The van der Waals surface area contributed by atoms with Crippen molar-refractivity contribution in [3.05, 3.63) is 63.5 Å². The lowest BCUT2D eigenvalue weighted by molar-refractivity contribution is -0.385. The third-order valence-corrected chi connectivity index (χ3v) is 4.24. The Labute approximate surface area is 172 Å². The molecule has 0 spiro atoms. The summed E-state index contributed by atoms with van der Waals surface area (Å²) in [6.45, 7) is 1.43. The fourth-order valence-electron chi connectivity index (χ4n) is 2.75. The number of amides is 1. The van der Waals surface area contributed by atoms with Crippen LogP contribution in [0, 0.1) is 15.9 Å². The van der Waals surface area contributed by atoms with Crippen molar-refractivity contribution in [3.8, 4) is 11.5 Å². The lowest BCUT2D eigenvalue weighted by Crippen LogP contribution is -2.37. The van der Waals surface area contributed by atoms with Crippen LogP contribution in [-0.2, 0) is 16.1 Å². The maximum Gasteiger partial charge on any atom is 0.346 e. The normalized spacial score (nSPS) is 11.4. The Kier molecular flexibility index (Phi) is 7.29. The molecule has 10 heteroatoms. The Hall–Kier alpha value is -3.69. The van der Waals surface area contributed by atoms with Crippen molar-refractivity contribution >= 4 is 17.6 Å². The molecule has 0 heterocycles. The van der Waals surface area contributed by atoms with E-state index >= 15 is 0 Å². The minimum absolute atomic E-state index is 0.0692. The third-order valence-electron chi connectivity index (χ3n) is 4.24. The van der Waals surface area contributed by atoms with Gasteiger partial charge in [-0.3, -0.25) is 14.9 Å². The predicted octanol–water partition coefficient (Wildman–Crippen LogP) is 2.96. The van der Waals surface area contributed by atoms with E-state index < -0.39 is 34.4 Å². The van der Waals surface area contributed by atoms with Crippen molar-refractivity contribution in [2.24, 2.45) is 0 Å². The minimum Gasteiger partial charge on any atom is -0.493 e. The van der Waals surface area contributed by atoms with Crippen molar-refractivity contribution < 1.29 is 33.1 Å². The van der Waals surface area contributed by atoms with Crippen molar-refractivity contribution in [2.75, 3.05) is 21.3 Å². The largest absolute Gasteiger partial charge is 0.493 e. The Balaban J connectivity index is 2.18. The van der Waals surface area contributed by atoms with E-state index in [9.17, 15) is 24.1 Å². The summed E-state index contributed by atoms with van der Waals surface area (Å²) in [5.41, 5.74) is -0.379. The van der Waals surface area contributed by atoms with Crippen molar-refractivity contribution in [2.45, 2.75) is 19.6 Å². The topological polar surface area (TPSA) is 108 Å². The lowest BCUT2D eigenvalue weighted by atomic mass is 10.1. The summed E-state index contributed by atoms with van der Waals surface area (Å²) in [5, 5.41) is 11.3. The van der Waals surface area contributed by atoms with Crippen LogP contribution in [0.3, 0.4) is 0 Å². The molecule has 2 aromatic carbocycles. The summed E-state index contributed by atoms with van der Waals surface area (Å²) in [4.78, 5) is 36.9. The number of nitrogens with zero attached hydrogens (tertiary/aromatic N) is 2. The SMILES string of the molecule is COc1cc(C(=O)O[C@@H](C)C(=O)N(C)Cc2cccc(F)c2)c([N+](=O)[O-])cc1OC. The molecule has 0 aliphatic rings. The van der Waals surface area contributed by atoms with Crippen molar-refractivity contribution in [1.82, 2.24) is 4.90 Å². The molecule has 9 nitrogen and oxygen atoms in total. The number of likely N-dealkylation sites (N-methyl/N-ethyl adjacent to an activating group) is 1. The summed E-state index contributed by atoms with van der Waals surface area (Å²) >= 11 is 0. The van der Waals surface area contributed by atoms with Gasteiger partial charge in [0.2, 0.25) is 0 Å². The molecule has 1 atom stereocenters. The lowest BCUT2D eigenvalue weighted by Gasteiger charge is -2.21. The summed E-state index contributed by atoms with van der Waals surface area (Å²) < 4.78 is 28.5. The molecule has 2 rings (SSSR count). The van der Waals surface area contributed by atoms with E-state index in [1.807, 2.05) is 0 Å². The molecule has 0 aliphatic carbocycles. The van der Waals surface area contributed by atoms with Gasteiger partial charge in [0.25, 0.3) is 11.6 Å². The third kappa shape index (κ3) is 5.22. The van der Waals surface area contributed by atoms with Gasteiger partial charge in [-0.2, -0.15) is 0 Å². The van der Waals surface area contributed by atoms with E-state index in [1.165, 1.54) is 51.3 Å². The van der Waals surface area contributed by atoms with Crippen molar-refractivity contribution in [1.29, 1.82) is 0 Å². The van der Waals surface area contributed by atoms with E-state index in [4.69, 9.17) is 14.2 Å². The molecule has 2 aromatic rings. The number of carbonyl (C=O) groups is 2. The zero-order valence-corrected chi connectivity index (χ0v) is 16.9. The molecule has 0 saturated heterocycles. The molecule has 0 bridgehead atoms. The van der Waals surface area contributed by atoms with Crippen LogP contribution >= 0.6 is 0 Å². The highest BCUT2D eigenvalue weighted by molar-refractivity contribution is 5.96. The smallest absolute Gasteiger partial charge is 0.346 e. The molecule has 0 radical (unpaired) electrons. The minimum atomic E-state index is -1.23. The van der Waals surface area contributed by atoms with Crippen LogP contribution in [0.2, 0.25) is 0 Å². The number of halogens is 1. The molecule has 30 heavy (non-hydrogen) atoms. The number of carbonyl (C=O) groups excluding carboxylic acids is 2. The Morgan fingerprint density at radius 2 is 1.80 bits per heavy atom. The van der Waals surface area contributed by atoms with Crippen LogP contribution in [0.4, 0.5) is 10.1 Å². The summed E-state index contributed by atoms with van der Waals surface area (Å²) in [7, 11) is 4.08. The summed E-state index contributed by atoms with van der Waals surface area (Å²) in [6, 6.07) is 7.89. The van der Waals surface area contributed by atoms with Gasteiger partial charge in [-0.25, -0.2) is 9.18 Å². The zero-order chi connectivity index (χ0) is 22.4. The maximum absolute atomic E-state index is 13.3. The second kappa shape index (κ2) is 9.68. The van der Waals surface area contributed by atoms with E-state index in [0.29, 0.717) is 5.56 Å². The number of ether oxygens (including phenoxy) is 3. The fourth-order valence-corrected chi connectivity index (χ4v) is 2.75. The summed E-state index contributed by atoms with van der Waals surface area (Å²) in [5.74, 6) is -1.90. The molecule has 0 fully saturated rings. The molecule has 1 amide bonds. The average molecular weight is 420 g/mol. The highest BCUT2D eigenvalue weighted by Gasteiger charge is 2.29. The van der Waals surface area contributed by atoms with E-state index in [-0.39, 0.29) is 23.6 Å². The standard InChI is InChI=1S/C20H21FN2O7/c1-12(19(24)22(2)11-13-6-5-7-14(21)8-13)30-20(25)15-9-17(28-3)18(29-4)10-16(15)23(26)27/h5-10,12H,11H2,1-4H3/t12-/m0/s1. The average Bonchev–Trinajstić information content (AvgIpc) is 2.71. The van der Waals surface area contributed by atoms with Crippen LogP contribution in [-0.4, -0.2) is 49.1 Å². The first-order valence-corrected chi connectivity index (χ1v) is 8.78. The number of methoxy groups -OCH3 is 2. The van der Waals surface area contributed by atoms with Crippen LogP contribution in [0.1, 0.15) is 22.8 Å². The van der Waals surface area contributed by atoms with Gasteiger partial charge in [-0.15, -0.1) is 0 Å². The number of nitro groups is 1. The first-order chi connectivity index (χ1) is 14.2. The van der Waals surface area contributed by atoms with Gasteiger partial charge in [0, 0.05) is 19.7 Å². The van der Waals surface area contributed by atoms with Crippen molar-refractivity contribution in [3.63, 3.8) is 0 Å². The second-order valence-corrected chi connectivity index (χ2v) is 6.35. The van der Waals surface area contributed by atoms with Crippen LogP contribution in [0.5, 0.6) is 11.5 Å². The Morgan fingerprint density at radius 3 is 2.37 bits per heavy atom. The number of esters is 1. The van der Waals surface area contributed by atoms with E-state index in [1.54, 1.807) is 6.07 Å². The molecule has 160 valence electrons. The highest BCUT2D eigenvalue weighted by atomic mass is 19.1. The Bertz CT molecular complexity index is 964. The summed E-state index contributed by atoms with van der Waals surface area (Å²) in [6.07, 6.45) is -1.23. The first-order valence-electron chi connectivity index (χ1n) is 8.78. The van der Waals surface area contributed by atoms with Crippen LogP contribution in [0.25, 0.3) is 0 Å². The van der Waals surface area contributed by atoms with Gasteiger partial charge in [-0.05, 0) is 24.6 Å². The van der Waals surface area contributed by atoms with Gasteiger partial charge in [0.05, 0.1) is 25.2 Å². The van der Waals surface area contributed by atoms with Crippen LogP contribution < -0.4 is 9.47 Å². The van der Waals surface area contributed by atoms with Gasteiger partial charge in [0.15, 0.2) is 17.6 Å². The fraction of sp³-hybridized carbons (Fsp3) is 0.300. The number of hydrogen-bond donors (Lipinski definition) is 0. The molecular formula is C20H21FN2O7. The molecule has 0 saturated carbocycles. The van der Waals surface area contributed by atoms with Gasteiger partial charge in [-0.1, -0.05) is 12.1 Å². The second-order valence-electron chi connectivity index (χ2n) is 6.35. The molecule has 0 aromatic heterocycles.